The third-order valence-electron chi connectivity index (χ3n) is 3.29. The zero-order valence-corrected chi connectivity index (χ0v) is 14.1. The lowest BCUT2D eigenvalue weighted by molar-refractivity contribution is 0.936. The number of halogens is 1. The van der Waals surface area contributed by atoms with Crippen molar-refractivity contribution in [1.82, 2.24) is 19.6 Å². The van der Waals surface area contributed by atoms with Crippen LogP contribution < -0.4 is 10.1 Å². The van der Waals surface area contributed by atoms with Crippen LogP contribution in [0.2, 0.25) is 0 Å². The molecule has 0 fully saturated rings. The summed E-state index contributed by atoms with van der Waals surface area (Å²) in [6.07, 6.45) is 5.20. The van der Waals surface area contributed by atoms with Crippen molar-refractivity contribution >= 4 is 38.3 Å². The van der Waals surface area contributed by atoms with Crippen molar-refractivity contribution in [2.24, 2.45) is 0 Å². The molecule has 0 bridgehead atoms. The Morgan fingerprint density at radius 1 is 1.09 bits per heavy atom. The molecule has 4 rings (SSSR count). The van der Waals surface area contributed by atoms with Gasteiger partial charge in [-0.05, 0) is 35.9 Å². The molecule has 0 amide bonds. The molecule has 7 heteroatoms. The van der Waals surface area contributed by atoms with Crippen LogP contribution in [0.1, 0.15) is 5.56 Å². The second-order valence-corrected chi connectivity index (χ2v) is 6.76. The lowest BCUT2D eigenvalue weighted by Gasteiger charge is -1.92. The fourth-order valence-electron chi connectivity index (χ4n) is 2.17. The number of pyridine rings is 1. The molecule has 112 valence electrons. The maximum absolute atomic E-state index is 12.5. The third-order valence-corrected chi connectivity index (χ3v) is 4.78. The first kappa shape index (κ1) is 14.2. The van der Waals surface area contributed by atoms with Gasteiger partial charge in [0.2, 0.25) is 4.96 Å². The molecule has 23 heavy (non-hydrogen) atoms. The van der Waals surface area contributed by atoms with Crippen molar-refractivity contribution in [2.75, 3.05) is 0 Å². The van der Waals surface area contributed by atoms with Crippen LogP contribution in [0, 0.1) is 0 Å². The minimum absolute atomic E-state index is 0.152. The van der Waals surface area contributed by atoms with Crippen LogP contribution in [0.15, 0.2) is 58.1 Å². The van der Waals surface area contributed by atoms with Gasteiger partial charge in [-0.25, -0.2) is 0 Å². The second kappa shape index (κ2) is 5.68. The molecule has 5 nitrogen and oxygen atoms in total. The average Bonchev–Trinajstić information content (AvgIpc) is 3.11. The van der Waals surface area contributed by atoms with Gasteiger partial charge in [-0.2, -0.15) is 9.50 Å². The van der Waals surface area contributed by atoms with Crippen molar-refractivity contribution in [3.63, 3.8) is 0 Å². The molecule has 0 spiro atoms. The number of fused-ring (bicyclic) bond motifs is 1. The number of hydrogen-bond acceptors (Lipinski definition) is 5. The summed E-state index contributed by atoms with van der Waals surface area (Å²) < 4.78 is 2.97. The SMILES string of the molecule is O=c1/c(=C\c2ccc(Br)cc2)sc2nc(-c3ccncc3)nn12. The molecule has 0 aliphatic carbocycles. The number of rotatable bonds is 2. The van der Waals surface area contributed by atoms with Gasteiger partial charge >= 0.3 is 0 Å². The molecule has 0 N–H and O–H groups in total. The molecule has 3 aromatic heterocycles. The molecule has 0 radical (unpaired) electrons. The predicted molar refractivity (Wildman–Crippen MR) is 93.3 cm³/mol. The van der Waals surface area contributed by atoms with E-state index in [1.54, 1.807) is 12.4 Å². The van der Waals surface area contributed by atoms with Crippen LogP contribution >= 0.6 is 27.3 Å². The summed E-state index contributed by atoms with van der Waals surface area (Å²) in [4.78, 5) is 21.5. The first-order valence-corrected chi connectivity index (χ1v) is 8.39. The van der Waals surface area contributed by atoms with Crippen molar-refractivity contribution in [1.29, 1.82) is 0 Å². The summed E-state index contributed by atoms with van der Waals surface area (Å²) in [5, 5.41) is 4.31. The Bertz CT molecular complexity index is 1090. The van der Waals surface area contributed by atoms with Crippen LogP contribution in [0.3, 0.4) is 0 Å². The van der Waals surface area contributed by atoms with Crippen LogP contribution in [-0.2, 0) is 0 Å². The van der Waals surface area contributed by atoms with Crippen LogP contribution in [0.25, 0.3) is 22.4 Å². The molecule has 1 aromatic carbocycles. The summed E-state index contributed by atoms with van der Waals surface area (Å²) in [6, 6.07) is 11.4. The van der Waals surface area contributed by atoms with E-state index in [1.165, 1.54) is 15.9 Å². The van der Waals surface area contributed by atoms with E-state index in [9.17, 15) is 4.79 Å². The minimum Gasteiger partial charge on any atom is -0.266 e. The van der Waals surface area contributed by atoms with E-state index in [1.807, 2.05) is 42.5 Å². The van der Waals surface area contributed by atoms with Gasteiger partial charge in [0.1, 0.15) is 0 Å². The van der Waals surface area contributed by atoms with Gasteiger partial charge in [-0.3, -0.25) is 9.78 Å². The van der Waals surface area contributed by atoms with E-state index >= 15 is 0 Å². The highest BCUT2D eigenvalue weighted by Gasteiger charge is 2.11. The van der Waals surface area contributed by atoms with Crippen LogP contribution in [0.5, 0.6) is 0 Å². The lowest BCUT2D eigenvalue weighted by Crippen LogP contribution is -2.23. The zero-order chi connectivity index (χ0) is 15.8. The van der Waals surface area contributed by atoms with Gasteiger partial charge < -0.3 is 0 Å². The summed E-state index contributed by atoms with van der Waals surface area (Å²) >= 11 is 4.73. The monoisotopic (exact) mass is 384 g/mol. The molecule has 4 aromatic rings. The fourth-order valence-corrected chi connectivity index (χ4v) is 3.34. The molecule has 0 aliphatic rings. The summed E-state index contributed by atoms with van der Waals surface area (Å²) in [5.74, 6) is 0.533. The van der Waals surface area contributed by atoms with E-state index in [2.05, 4.69) is 31.0 Å². The molecule has 0 atom stereocenters. The smallest absolute Gasteiger partial charge is 0.266 e. The number of thiazole rings is 1. The van der Waals surface area contributed by atoms with Crippen LogP contribution in [-0.4, -0.2) is 19.6 Å². The molecule has 0 saturated carbocycles. The highest BCUT2D eigenvalue weighted by Crippen LogP contribution is 2.15. The molecule has 0 unspecified atom stereocenters. The molecular formula is C16H9BrN4OS. The maximum Gasteiger partial charge on any atom is 0.291 e. The number of nitrogens with zero attached hydrogens (tertiary/aromatic N) is 4. The van der Waals surface area contributed by atoms with E-state index < -0.39 is 0 Å². The first-order valence-electron chi connectivity index (χ1n) is 6.78. The zero-order valence-electron chi connectivity index (χ0n) is 11.7. The van der Waals surface area contributed by atoms with E-state index in [0.29, 0.717) is 15.3 Å². The normalized spacial score (nSPS) is 12.1. The molecule has 0 saturated heterocycles. The van der Waals surface area contributed by atoms with Crippen molar-refractivity contribution < 1.29 is 0 Å². The van der Waals surface area contributed by atoms with Gasteiger partial charge in [0.15, 0.2) is 5.82 Å². The quantitative estimate of drug-likeness (QED) is 0.532. The van der Waals surface area contributed by atoms with Gasteiger partial charge in [0, 0.05) is 22.4 Å². The Morgan fingerprint density at radius 2 is 1.83 bits per heavy atom. The van der Waals surface area contributed by atoms with E-state index in [-0.39, 0.29) is 5.56 Å². The Balaban J connectivity index is 1.82. The Kier molecular flexibility index (Phi) is 3.51. The van der Waals surface area contributed by atoms with E-state index in [0.717, 1.165) is 15.6 Å². The maximum atomic E-state index is 12.5. The molecular weight excluding hydrogens is 376 g/mol. The summed E-state index contributed by atoms with van der Waals surface area (Å²) in [5.41, 5.74) is 1.65. The Morgan fingerprint density at radius 3 is 2.52 bits per heavy atom. The minimum atomic E-state index is -0.152. The van der Waals surface area contributed by atoms with Crippen molar-refractivity contribution in [2.45, 2.75) is 0 Å². The number of hydrogen-bond donors (Lipinski definition) is 0. The Labute approximate surface area is 143 Å². The topological polar surface area (TPSA) is 60.2 Å². The van der Waals surface area contributed by atoms with Gasteiger partial charge in [0.05, 0.1) is 4.53 Å². The molecule has 0 aliphatic heterocycles. The molecule has 3 heterocycles. The van der Waals surface area contributed by atoms with Gasteiger partial charge in [0.25, 0.3) is 5.56 Å². The lowest BCUT2D eigenvalue weighted by atomic mass is 10.2. The largest absolute Gasteiger partial charge is 0.291 e. The van der Waals surface area contributed by atoms with Crippen LogP contribution in [0.4, 0.5) is 0 Å². The standard InChI is InChI=1S/C16H9BrN4OS/c17-12-3-1-10(2-4-12)9-13-15(22)21-16(23-13)19-14(20-21)11-5-7-18-8-6-11/h1-9H/b13-9+. The summed E-state index contributed by atoms with van der Waals surface area (Å²) in [7, 11) is 0. The fraction of sp³-hybridized carbons (Fsp3) is 0. The third kappa shape index (κ3) is 2.69. The average molecular weight is 385 g/mol. The van der Waals surface area contributed by atoms with Gasteiger partial charge in [-0.1, -0.05) is 39.4 Å². The highest BCUT2D eigenvalue weighted by molar-refractivity contribution is 9.10. The number of benzene rings is 1. The number of aromatic nitrogens is 4. The van der Waals surface area contributed by atoms with E-state index in [4.69, 9.17) is 0 Å². The predicted octanol–water partition coefficient (Wildman–Crippen LogP) is 2.52. The van der Waals surface area contributed by atoms with Crippen molar-refractivity contribution in [3.8, 4) is 11.4 Å². The summed E-state index contributed by atoms with van der Waals surface area (Å²) in [6.45, 7) is 0. The Hall–Kier alpha value is -2.38. The second-order valence-electron chi connectivity index (χ2n) is 4.83. The first-order chi connectivity index (χ1) is 11.2. The highest BCUT2D eigenvalue weighted by atomic mass is 79.9. The van der Waals surface area contributed by atoms with Gasteiger partial charge in [-0.15, -0.1) is 5.10 Å². The van der Waals surface area contributed by atoms with Crippen molar-refractivity contribution in [3.05, 3.63) is 73.7 Å².